The zero-order valence-electron chi connectivity index (χ0n) is 15.5. The minimum Gasteiger partial charge on any atom is -0.358 e. The van der Waals surface area contributed by atoms with Crippen LogP contribution in [0.1, 0.15) is 29.4 Å². The number of hydrogen-bond donors (Lipinski definition) is 2. The average molecular weight is 376 g/mol. The molecule has 0 unspecified atom stereocenters. The second-order valence-corrected chi connectivity index (χ2v) is 6.88. The standard InChI is InChI=1S/C23H18F2N2O/c1-12(2)21-13(3)26-20(22(21)16-9-8-14(24)10-18(16)25)11-17-15-6-4-5-7-19(15)27-23(17)28/h4-11,26H,1H2,2-3H3,(H,27,28)/b17-11-. The van der Waals surface area contributed by atoms with Crippen molar-refractivity contribution in [1.82, 2.24) is 4.98 Å². The maximum absolute atomic E-state index is 14.6. The van der Waals surface area contributed by atoms with E-state index < -0.39 is 11.6 Å². The molecule has 0 atom stereocenters. The van der Waals surface area contributed by atoms with Crippen molar-refractivity contribution in [1.29, 1.82) is 0 Å². The van der Waals surface area contributed by atoms with Gasteiger partial charge in [0.1, 0.15) is 11.6 Å². The molecule has 28 heavy (non-hydrogen) atoms. The van der Waals surface area contributed by atoms with Crippen LogP contribution in [0, 0.1) is 18.6 Å². The summed E-state index contributed by atoms with van der Waals surface area (Å²) in [7, 11) is 0. The molecule has 5 heteroatoms. The fourth-order valence-corrected chi connectivity index (χ4v) is 3.69. The van der Waals surface area contributed by atoms with Gasteiger partial charge in [-0.2, -0.15) is 0 Å². The summed E-state index contributed by atoms with van der Waals surface area (Å²) >= 11 is 0. The van der Waals surface area contributed by atoms with Gasteiger partial charge in [-0.25, -0.2) is 8.78 Å². The number of aromatic nitrogens is 1. The Morgan fingerprint density at radius 3 is 2.57 bits per heavy atom. The molecular formula is C23H18F2N2O. The third-order valence-corrected chi connectivity index (χ3v) is 4.84. The predicted molar refractivity (Wildman–Crippen MR) is 109 cm³/mol. The van der Waals surface area contributed by atoms with Gasteiger partial charge in [0, 0.05) is 45.4 Å². The quantitative estimate of drug-likeness (QED) is 0.558. The predicted octanol–water partition coefficient (Wildman–Crippen LogP) is 5.79. The van der Waals surface area contributed by atoms with E-state index >= 15 is 0 Å². The summed E-state index contributed by atoms with van der Waals surface area (Å²) in [5.41, 5.74) is 5.67. The van der Waals surface area contributed by atoms with Crippen LogP contribution in [0.15, 0.2) is 49.0 Å². The monoisotopic (exact) mass is 376 g/mol. The first-order valence-electron chi connectivity index (χ1n) is 8.83. The van der Waals surface area contributed by atoms with Gasteiger partial charge in [-0.15, -0.1) is 0 Å². The van der Waals surface area contributed by atoms with Crippen LogP contribution in [-0.2, 0) is 4.79 Å². The molecule has 1 aliphatic heterocycles. The molecule has 0 saturated heterocycles. The summed E-state index contributed by atoms with van der Waals surface area (Å²) in [4.78, 5) is 15.7. The summed E-state index contributed by atoms with van der Waals surface area (Å²) in [5, 5.41) is 2.83. The highest BCUT2D eigenvalue weighted by molar-refractivity contribution is 6.35. The Balaban J connectivity index is 1.98. The van der Waals surface area contributed by atoms with Gasteiger partial charge in [-0.1, -0.05) is 24.8 Å². The SMILES string of the molecule is C=C(C)c1c(C)[nH]c(/C=C2\C(=O)Nc3ccccc32)c1-c1ccc(F)cc1F. The number of amides is 1. The molecule has 1 aliphatic rings. The van der Waals surface area contributed by atoms with E-state index in [-0.39, 0.29) is 11.5 Å². The molecule has 3 aromatic rings. The van der Waals surface area contributed by atoms with Crippen molar-refractivity contribution in [2.75, 3.05) is 5.32 Å². The van der Waals surface area contributed by atoms with Crippen molar-refractivity contribution in [3.63, 3.8) is 0 Å². The Labute approximate surface area is 161 Å². The van der Waals surface area contributed by atoms with Gasteiger partial charge in [0.15, 0.2) is 0 Å². The van der Waals surface area contributed by atoms with Crippen molar-refractivity contribution in [3.05, 3.63) is 83.2 Å². The van der Waals surface area contributed by atoms with Crippen molar-refractivity contribution < 1.29 is 13.6 Å². The van der Waals surface area contributed by atoms with E-state index in [9.17, 15) is 13.6 Å². The molecule has 0 radical (unpaired) electrons. The van der Waals surface area contributed by atoms with Gasteiger partial charge in [-0.3, -0.25) is 4.79 Å². The molecule has 1 amide bonds. The summed E-state index contributed by atoms with van der Waals surface area (Å²) in [6.07, 6.45) is 1.71. The second-order valence-electron chi connectivity index (χ2n) is 6.88. The molecule has 0 bridgehead atoms. The molecule has 0 saturated carbocycles. The molecule has 0 spiro atoms. The normalized spacial score (nSPS) is 14.3. The highest BCUT2D eigenvalue weighted by Gasteiger charge is 2.26. The first kappa shape index (κ1) is 17.9. The summed E-state index contributed by atoms with van der Waals surface area (Å²) in [5.74, 6) is -1.54. The maximum Gasteiger partial charge on any atom is 0.256 e. The van der Waals surface area contributed by atoms with E-state index in [4.69, 9.17) is 0 Å². The van der Waals surface area contributed by atoms with E-state index in [0.29, 0.717) is 16.8 Å². The third-order valence-electron chi connectivity index (χ3n) is 4.84. The Kier molecular flexibility index (Phi) is 4.23. The Hall–Kier alpha value is -3.47. The highest BCUT2D eigenvalue weighted by Crippen LogP contribution is 2.39. The lowest BCUT2D eigenvalue weighted by atomic mass is 9.94. The first-order chi connectivity index (χ1) is 13.4. The number of benzene rings is 2. The molecule has 140 valence electrons. The number of carbonyl (C=O) groups excluding carboxylic acids is 1. The van der Waals surface area contributed by atoms with Crippen molar-refractivity contribution in [2.24, 2.45) is 0 Å². The van der Waals surface area contributed by atoms with Gasteiger partial charge < -0.3 is 10.3 Å². The van der Waals surface area contributed by atoms with Crippen LogP contribution in [0.4, 0.5) is 14.5 Å². The zero-order chi connectivity index (χ0) is 20.0. The molecule has 2 heterocycles. The molecular weight excluding hydrogens is 358 g/mol. The molecule has 3 nitrogen and oxygen atoms in total. The number of anilines is 1. The number of allylic oxidation sites excluding steroid dienone is 1. The molecule has 4 rings (SSSR count). The molecule has 1 aromatic heterocycles. The van der Waals surface area contributed by atoms with Gasteiger partial charge in [-0.05, 0) is 43.7 Å². The number of aryl methyl sites for hydroxylation is 1. The average Bonchev–Trinajstić information content (AvgIpc) is 3.12. The van der Waals surface area contributed by atoms with Crippen molar-refractivity contribution >= 4 is 28.8 Å². The van der Waals surface area contributed by atoms with Crippen LogP contribution in [0.2, 0.25) is 0 Å². The number of rotatable bonds is 3. The number of para-hydroxylation sites is 1. The lowest BCUT2D eigenvalue weighted by Gasteiger charge is -2.09. The third kappa shape index (κ3) is 2.85. The van der Waals surface area contributed by atoms with E-state index in [1.54, 1.807) is 6.08 Å². The lowest BCUT2D eigenvalue weighted by molar-refractivity contribution is -0.110. The van der Waals surface area contributed by atoms with Crippen molar-refractivity contribution in [2.45, 2.75) is 13.8 Å². The largest absolute Gasteiger partial charge is 0.358 e. The summed E-state index contributed by atoms with van der Waals surface area (Å²) in [6.45, 7) is 7.69. The number of nitrogens with one attached hydrogen (secondary N) is 2. The Bertz CT molecular complexity index is 1170. The minimum atomic E-state index is -0.669. The van der Waals surface area contributed by atoms with Gasteiger partial charge >= 0.3 is 0 Å². The van der Waals surface area contributed by atoms with Crippen LogP contribution in [0.25, 0.3) is 28.3 Å². The minimum absolute atomic E-state index is 0.226. The van der Waals surface area contributed by atoms with E-state index in [1.165, 1.54) is 12.1 Å². The Morgan fingerprint density at radius 1 is 1.11 bits per heavy atom. The number of hydrogen-bond acceptors (Lipinski definition) is 1. The van der Waals surface area contributed by atoms with Crippen LogP contribution >= 0.6 is 0 Å². The second kappa shape index (κ2) is 6.60. The number of carbonyl (C=O) groups is 1. The van der Waals surface area contributed by atoms with Crippen LogP contribution in [0.5, 0.6) is 0 Å². The molecule has 0 fully saturated rings. The molecule has 0 aliphatic carbocycles. The van der Waals surface area contributed by atoms with Crippen LogP contribution in [-0.4, -0.2) is 10.9 Å². The molecule has 2 N–H and O–H groups in total. The number of H-pyrrole nitrogens is 1. The number of fused-ring (bicyclic) bond motifs is 1. The fraction of sp³-hybridized carbons (Fsp3) is 0.0870. The summed E-state index contributed by atoms with van der Waals surface area (Å²) in [6, 6.07) is 10.9. The Morgan fingerprint density at radius 2 is 1.86 bits per heavy atom. The number of aromatic amines is 1. The van der Waals surface area contributed by atoms with E-state index in [0.717, 1.165) is 34.1 Å². The van der Waals surface area contributed by atoms with Gasteiger partial charge in [0.25, 0.3) is 5.91 Å². The number of halogens is 2. The topological polar surface area (TPSA) is 44.9 Å². The van der Waals surface area contributed by atoms with Crippen molar-refractivity contribution in [3.8, 4) is 11.1 Å². The van der Waals surface area contributed by atoms with Crippen LogP contribution < -0.4 is 5.32 Å². The maximum atomic E-state index is 14.6. The van der Waals surface area contributed by atoms with Gasteiger partial charge in [0.05, 0.1) is 5.57 Å². The lowest BCUT2D eigenvalue weighted by Crippen LogP contribution is -2.03. The fourth-order valence-electron chi connectivity index (χ4n) is 3.69. The van der Waals surface area contributed by atoms with Crippen LogP contribution in [0.3, 0.4) is 0 Å². The zero-order valence-corrected chi connectivity index (χ0v) is 15.5. The van der Waals surface area contributed by atoms with E-state index in [1.807, 2.05) is 38.1 Å². The highest BCUT2D eigenvalue weighted by atomic mass is 19.1. The summed E-state index contributed by atoms with van der Waals surface area (Å²) < 4.78 is 28.1. The molecule has 2 aromatic carbocycles. The van der Waals surface area contributed by atoms with Gasteiger partial charge in [0.2, 0.25) is 0 Å². The smallest absolute Gasteiger partial charge is 0.256 e. The van der Waals surface area contributed by atoms with E-state index in [2.05, 4.69) is 16.9 Å². The first-order valence-corrected chi connectivity index (χ1v) is 8.83.